The molecule has 0 atom stereocenters. The molecule has 4 nitrogen and oxygen atoms in total. The van der Waals surface area contributed by atoms with Gasteiger partial charge in [0.05, 0.1) is 5.69 Å². The zero-order valence-corrected chi connectivity index (χ0v) is 13.0. The lowest BCUT2D eigenvalue weighted by atomic mass is 10.1. The third kappa shape index (κ3) is 3.07. The molecule has 0 spiro atoms. The molecule has 120 valence electrons. The first kappa shape index (κ1) is 16.0. The van der Waals surface area contributed by atoms with E-state index in [2.05, 4.69) is 0 Å². The average molecular weight is 344 g/mol. The smallest absolute Gasteiger partial charge is 0.341 e. The van der Waals surface area contributed by atoms with E-state index in [9.17, 15) is 19.1 Å². The molecule has 0 bridgehead atoms. The number of nitrogens with zero attached hydrogens (tertiary/aromatic N) is 1. The quantitative estimate of drug-likeness (QED) is 0.782. The van der Waals surface area contributed by atoms with E-state index in [4.69, 9.17) is 11.6 Å². The van der Waals surface area contributed by atoms with Crippen molar-refractivity contribution in [1.82, 2.24) is 4.57 Å². The molecule has 0 fully saturated rings. The lowest BCUT2D eigenvalue weighted by Gasteiger charge is -2.15. The summed E-state index contributed by atoms with van der Waals surface area (Å²) in [4.78, 5) is 23.3. The Morgan fingerprint density at radius 3 is 2.25 bits per heavy atom. The number of pyridine rings is 1. The predicted octanol–water partition coefficient (Wildman–Crippen LogP) is 4.00. The van der Waals surface area contributed by atoms with Crippen LogP contribution in [0.2, 0.25) is 5.02 Å². The summed E-state index contributed by atoms with van der Waals surface area (Å²) in [5.74, 6) is -1.73. The third-order valence-corrected chi connectivity index (χ3v) is 3.78. The molecule has 0 aliphatic carbocycles. The van der Waals surface area contributed by atoms with Gasteiger partial charge in [-0.1, -0.05) is 23.7 Å². The maximum Gasteiger partial charge on any atom is 0.341 e. The van der Waals surface area contributed by atoms with Crippen molar-refractivity contribution in [3.63, 3.8) is 0 Å². The molecule has 3 aromatic rings. The first-order valence-corrected chi connectivity index (χ1v) is 7.35. The van der Waals surface area contributed by atoms with Crippen LogP contribution in [0.15, 0.2) is 65.6 Å². The first-order valence-electron chi connectivity index (χ1n) is 6.97. The minimum atomic E-state index is -1.32. The highest BCUT2D eigenvalue weighted by atomic mass is 35.5. The van der Waals surface area contributed by atoms with Crippen LogP contribution in [0.5, 0.6) is 0 Å². The van der Waals surface area contributed by atoms with Crippen molar-refractivity contribution in [2.45, 2.75) is 0 Å². The van der Waals surface area contributed by atoms with Crippen LogP contribution in [-0.2, 0) is 0 Å². The van der Waals surface area contributed by atoms with Crippen LogP contribution in [0.4, 0.5) is 4.39 Å². The zero-order valence-electron chi connectivity index (χ0n) is 12.2. The molecule has 0 radical (unpaired) electrons. The average Bonchev–Trinajstić information content (AvgIpc) is 2.56. The predicted molar refractivity (Wildman–Crippen MR) is 89.4 cm³/mol. The van der Waals surface area contributed by atoms with Gasteiger partial charge in [-0.05, 0) is 42.0 Å². The molecule has 0 saturated carbocycles. The number of aromatic carboxylic acids is 1. The van der Waals surface area contributed by atoms with E-state index in [0.29, 0.717) is 22.0 Å². The second-order valence-corrected chi connectivity index (χ2v) is 5.53. The molecule has 0 aliphatic heterocycles. The van der Waals surface area contributed by atoms with Gasteiger partial charge in [-0.3, -0.25) is 4.79 Å². The summed E-state index contributed by atoms with van der Waals surface area (Å²) in [6.45, 7) is 0. The first-order chi connectivity index (χ1) is 11.5. The lowest BCUT2D eigenvalue weighted by Crippen LogP contribution is -2.18. The third-order valence-electron chi connectivity index (χ3n) is 3.53. The highest BCUT2D eigenvalue weighted by molar-refractivity contribution is 6.30. The summed E-state index contributed by atoms with van der Waals surface area (Å²) in [6, 6.07) is 13.6. The van der Waals surface area contributed by atoms with Crippen molar-refractivity contribution < 1.29 is 14.3 Å². The van der Waals surface area contributed by atoms with Gasteiger partial charge >= 0.3 is 5.97 Å². The second kappa shape index (κ2) is 6.29. The normalized spacial score (nSPS) is 10.6. The fraction of sp³-hybridized carbons (Fsp3) is 0. The Kier molecular flexibility index (Phi) is 4.18. The van der Waals surface area contributed by atoms with E-state index in [1.165, 1.54) is 41.1 Å². The number of carboxylic acid groups (broad SMARTS) is 1. The molecule has 3 rings (SSSR count). The summed E-state index contributed by atoms with van der Waals surface area (Å²) in [6.07, 6.45) is 1.24. The maximum absolute atomic E-state index is 13.2. The minimum Gasteiger partial charge on any atom is -0.477 e. The molecule has 0 amide bonds. The number of hydrogen-bond donors (Lipinski definition) is 1. The molecule has 0 unspecified atom stereocenters. The van der Waals surface area contributed by atoms with E-state index in [1.54, 1.807) is 24.3 Å². The van der Waals surface area contributed by atoms with Crippen LogP contribution in [0, 0.1) is 5.82 Å². The monoisotopic (exact) mass is 343 g/mol. The molecule has 6 heteroatoms. The van der Waals surface area contributed by atoms with Crippen molar-refractivity contribution in [2.75, 3.05) is 0 Å². The number of halogens is 2. The van der Waals surface area contributed by atoms with E-state index < -0.39 is 17.2 Å². The molecule has 1 heterocycles. The summed E-state index contributed by atoms with van der Waals surface area (Å²) in [7, 11) is 0. The van der Waals surface area contributed by atoms with E-state index in [1.807, 2.05) is 0 Å². The maximum atomic E-state index is 13.2. The molecule has 0 aliphatic rings. The number of carboxylic acids is 1. The van der Waals surface area contributed by atoms with Gasteiger partial charge in [0.1, 0.15) is 11.4 Å². The Labute approximate surface area is 141 Å². The van der Waals surface area contributed by atoms with Crippen molar-refractivity contribution in [3.05, 3.63) is 87.4 Å². The Hall–Kier alpha value is -2.92. The van der Waals surface area contributed by atoms with Gasteiger partial charge in [0.2, 0.25) is 0 Å². The van der Waals surface area contributed by atoms with Gasteiger partial charge in [0.25, 0.3) is 0 Å². The van der Waals surface area contributed by atoms with Gasteiger partial charge in [-0.15, -0.1) is 0 Å². The van der Waals surface area contributed by atoms with E-state index in [0.717, 1.165) is 0 Å². The number of rotatable bonds is 3. The molecule has 1 N–H and O–H groups in total. The molecule has 1 aromatic heterocycles. The van der Waals surface area contributed by atoms with Crippen LogP contribution in [0.3, 0.4) is 0 Å². The highest BCUT2D eigenvalue weighted by Crippen LogP contribution is 2.24. The SMILES string of the molecule is O=C(O)c1cn(-c2ccc(F)cc2)c(-c2ccc(Cl)cc2)cc1=O. The number of benzene rings is 2. The summed E-state index contributed by atoms with van der Waals surface area (Å²) < 4.78 is 14.7. The van der Waals surface area contributed by atoms with Crippen LogP contribution >= 0.6 is 11.6 Å². The van der Waals surface area contributed by atoms with Gasteiger partial charge < -0.3 is 9.67 Å². The van der Waals surface area contributed by atoms with Crippen molar-refractivity contribution in [2.24, 2.45) is 0 Å². The number of hydrogen-bond acceptors (Lipinski definition) is 2. The zero-order chi connectivity index (χ0) is 17.3. The Bertz CT molecular complexity index is 963. The minimum absolute atomic E-state index is 0.364. The molecular formula is C18H11ClFNO3. The van der Waals surface area contributed by atoms with Crippen molar-refractivity contribution >= 4 is 17.6 Å². The molecule has 24 heavy (non-hydrogen) atoms. The topological polar surface area (TPSA) is 59.3 Å². The molecular weight excluding hydrogens is 333 g/mol. The second-order valence-electron chi connectivity index (χ2n) is 5.10. The number of carbonyl (C=O) groups is 1. The largest absolute Gasteiger partial charge is 0.477 e. The summed E-state index contributed by atoms with van der Waals surface area (Å²) >= 11 is 5.88. The summed E-state index contributed by atoms with van der Waals surface area (Å²) in [5.41, 5.74) is 0.720. The van der Waals surface area contributed by atoms with Crippen LogP contribution in [-0.4, -0.2) is 15.6 Å². The Morgan fingerprint density at radius 2 is 1.67 bits per heavy atom. The van der Waals surface area contributed by atoms with Crippen molar-refractivity contribution in [3.8, 4) is 16.9 Å². The fourth-order valence-electron chi connectivity index (χ4n) is 2.35. The van der Waals surface area contributed by atoms with Gasteiger partial charge in [0, 0.05) is 23.0 Å². The molecule has 0 saturated heterocycles. The van der Waals surface area contributed by atoms with E-state index in [-0.39, 0.29) is 5.56 Å². The Balaban J connectivity index is 2.29. The van der Waals surface area contributed by atoms with Crippen LogP contribution in [0.25, 0.3) is 16.9 Å². The van der Waals surface area contributed by atoms with Crippen molar-refractivity contribution in [1.29, 1.82) is 0 Å². The standard InChI is InChI=1S/C18H11ClFNO3/c19-12-3-1-11(2-4-12)16-9-17(22)15(18(23)24)10-21(16)14-7-5-13(20)6-8-14/h1-10H,(H,23,24). The van der Waals surface area contributed by atoms with Gasteiger partial charge in [-0.2, -0.15) is 0 Å². The highest BCUT2D eigenvalue weighted by Gasteiger charge is 2.14. The lowest BCUT2D eigenvalue weighted by molar-refractivity contribution is 0.0695. The van der Waals surface area contributed by atoms with E-state index >= 15 is 0 Å². The molecule has 2 aromatic carbocycles. The van der Waals surface area contributed by atoms with Gasteiger partial charge in [0.15, 0.2) is 5.43 Å². The van der Waals surface area contributed by atoms with Crippen LogP contribution < -0.4 is 5.43 Å². The number of aromatic nitrogens is 1. The van der Waals surface area contributed by atoms with Gasteiger partial charge in [-0.25, -0.2) is 9.18 Å². The fourth-order valence-corrected chi connectivity index (χ4v) is 2.48. The summed E-state index contributed by atoms with van der Waals surface area (Å²) in [5, 5.41) is 9.73. The van der Waals surface area contributed by atoms with Crippen LogP contribution in [0.1, 0.15) is 10.4 Å². The Morgan fingerprint density at radius 1 is 1.04 bits per heavy atom.